The molecule has 1 N–H and O–H groups in total. The van der Waals surface area contributed by atoms with Gasteiger partial charge in [0.15, 0.2) is 11.5 Å². The molecule has 3 aliphatic rings. The van der Waals surface area contributed by atoms with Crippen molar-refractivity contribution in [1.82, 2.24) is 0 Å². The number of benzene rings is 2. The van der Waals surface area contributed by atoms with Crippen LogP contribution in [0.25, 0.3) is 0 Å². The first kappa shape index (κ1) is 18.3. The van der Waals surface area contributed by atoms with Crippen LogP contribution in [0.4, 0.5) is 0 Å². The Balaban J connectivity index is 1.51. The van der Waals surface area contributed by atoms with Crippen LogP contribution in [-0.4, -0.2) is 29.6 Å². The zero-order valence-electron chi connectivity index (χ0n) is 16.7. The maximum Gasteiger partial charge on any atom is 0.335 e. The average molecular weight is 396 g/mol. The minimum Gasteiger partial charge on any atom is -0.487 e. The van der Waals surface area contributed by atoms with Gasteiger partial charge in [-0.15, -0.1) is 0 Å². The van der Waals surface area contributed by atoms with Crippen molar-refractivity contribution in [3.05, 3.63) is 53.1 Å². The Morgan fingerprint density at radius 2 is 1.83 bits per heavy atom. The molecule has 0 unspecified atom stereocenters. The van der Waals surface area contributed by atoms with E-state index < -0.39 is 11.6 Å². The molecule has 3 aliphatic heterocycles. The van der Waals surface area contributed by atoms with E-state index in [1.165, 1.54) is 0 Å². The highest BCUT2D eigenvalue weighted by molar-refractivity contribution is 5.88. The standard InChI is InChI=1S/C23H24O6/c1-12-15(13-4-7-19-20(9-13)27-11-26-19)10-17-21(28-12)16-8-14(22(24)25)5-6-18(16)29-23(17,2)3/h4-9,12,15,17,21H,10-11H2,1-3H3,(H,24,25)/t12-,15+,17+,21-/m1/s1. The molecule has 4 atom stereocenters. The van der Waals surface area contributed by atoms with Crippen LogP contribution in [0.5, 0.6) is 17.2 Å². The number of hydrogen-bond donors (Lipinski definition) is 1. The highest BCUT2D eigenvalue weighted by Gasteiger charge is 2.50. The zero-order valence-corrected chi connectivity index (χ0v) is 16.7. The molecule has 0 aliphatic carbocycles. The molecule has 152 valence electrons. The van der Waals surface area contributed by atoms with Gasteiger partial charge in [-0.25, -0.2) is 4.79 Å². The lowest BCUT2D eigenvalue weighted by atomic mass is 9.70. The van der Waals surface area contributed by atoms with Crippen molar-refractivity contribution in [3.63, 3.8) is 0 Å². The van der Waals surface area contributed by atoms with Crippen molar-refractivity contribution in [2.75, 3.05) is 6.79 Å². The summed E-state index contributed by atoms with van der Waals surface area (Å²) in [5.74, 6) is 1.56. The number of carboxylic acid groups (broad SMARTS) is 1. The lowest BCUT2D eigenvalue weighted by molar-refractivity contribution is -0.153. The van der Waals surface area contributed by atoms with Crippen LogP contribution in [0.3, 0.4) is 0 Å². The van der Waals surface area contributed by atoms with Crippen molar-refractivity contribution in [3.8, 4) is 17.2 Å². The lowest BCUT2D eigenvalue weighted by Crippen LogP contribution is -2.50. The van der Waals surface area contributed by atoms with Gasteiger partial charge in [-0.1, -0.05) is 6.07 Å². The Labute approximate surface area is 169 Å². The van der Waals surface area contributed by atoms with Gasteiger partial charge in [0.1, 0.15) is 11.4 Å². The molecular weight excluding hydrogens is 372 g/mol. The number of carbonyl (C=O) groups is 1. The van der Waals surface area contributed by atoms with E-state index in [-0.39, 0.29) is 36.4 Å². The highest BCUT2D eigenvalue weighted by atomic mass is 16.7. The second kappa shape index (κ2) is 6.39. The fourth-order valence-corrected chi connectivity index (χ4v) is 4.85. The van der Waals surface area contributed by atoms with Crippen LogP contribution in [0.2, 0.25) is 0 Å². The predicted octanol–water partition coefficient (Wildman–Crippen LogP) is 4.53. The largest absolute Gasteiger partial charge is 0.487 e. The fourth-order valence-electron chi connectivity index (χ4n) is 4.85. The van der Waals surface area contributed by atoms with Crippen molar-refractivity contribution >= 4 is 5.97 Å². The molecule has 0 bridgehead atoms. The van der Waals surface area contributed by atoms with E-state index in [2.05, 4.69) is 26.8 Å². The molecule has 1 saturated heterocycles. The van der Waals surface area contributed by atoms with Gasteiger partial charge in [0.25, 0.3) is 0 Å². The Bertz CT molecular complexity index is 981. The number of ether oxygens (including phenoxy) is 4. The van der Waals surface area contributed by atoms with Crippen LogP contribution < -0.4 is 14.2 Å². The number of aromatic carboxylic acids is 1. The molecule has 5 rings (SSSR count). The maximum absolute atomic E-state index is 11.5. The second-order valence-corrected chi connectivity index (χ2v) is 8.59. The van der Waals surface area contributed by atoms with Crippen LogP contribution in [0.1, 0.15) is 60.7 Å². The number of carboxylic acids is 1. The smallest absolute Gasteiger partial charge is 0.335 e. The molecule has 1 fully saturated rings. The van der Waals surface area contributed by atoms with Gasteiger partial charge in [0.05, 0.1) is 17.8 Å². The van der Waals surface area contributed by atoms with Gasteiger partial charge in [0.2, 0.25) is 6.79 Å². The number of hydrogen-bond acceptors (Lipinski definition) is 5. The molecule has 2 aromatic rings. The Hall–Kier alpha value is -2.73. The quantitative estimate of drug-likeness (QED) is 0.804. The normalized spacial score (nSPS) is 28.8. The summed E-state index contributed by atoms with van der Waals surface area (Å²) in [7, 11) is 0. The van der Waals surface area contributed by atoms with Crippen LogP contribution >= 0.6 is 0 Å². The molecule has 0 aromatic heterocycles. The Kier molecular flexibility index (Phi) is 4.03. The summed E-state index contributed by atoms with van der Waals surface area (Å²) >= 11 is 0. The molecule has 3 heterocycles. The third-order valence-corrected chi connectivity index (χ3v) is 6.46. The third-order valence-electron chi connectivity index (χ3n) is 6.46. The van der Waals surface area contributed by atoms with Crippen molar-refractivity contribution in [2.45, 2.75) is 50.9 Å². The Morgan fingerprint density at radius 3 is 2.62 bits per heavy atom. The van der Waals surface area contributed by atoms with E-state index in [1.54, 1.807) is 18.2 Å². The van der Waals surface area contributed by atoms with Gasteiger partial charge in [-0.2, -0.15) is 0 Å². The molecule has 6 heteroatoms. The maximum atomic E-state index is 11.5. The van der Waals surface area contributed by atoms with E-state index in [9.17, 15) is 9.90 Å². The summed E-state index contributed by atoms with van der Waals surface area (Å²) in [6, 6.07) is 11.1. The van der Waals surface area contributed by atoms with Crippen LogP contribution in [-0.2, 0) is 4.74 Å². The molecule has 29 heavy (non-hydrogen) atoms. The van der Waals surface area contributed by atoms with Gasteiger partial charge >= 0.3 is 5.97 Å². The van der Waals surface area contributed by atoms with Crippen molar-refractivity contribution in [2.24, 2.45) is 5.92 Å². The van der Waals surface area contributed by atoms with E-state index >= 15 is 0 Å². The average Bonchev–Trinajstić information content (AvgIpc) is 3.14. The predicted molar refractivity (Wildman–Crippen MR) is 105 cm³/mol. The molecule has 2 aromatic carbocycles. The van der Waals surface area contributed by atoms with E-state index in [1.807, 2.05) is 12.1 Å². The summed E-state index contributed by atoms with van der Waals surface area (Å²) in [5.41, 5.74) is 1.79. The summed E-state index contributed by atoms with van der Waals surface area (Å²) in [6.45, 7) is 6.49. The zero-order chi connectivity index (χ0) is 20.3. The van der Waals surface area contributed by atoms with Crippen molar-refractivity contribution < 1.29 is 28.8 Å². The van der Waals surface area contributed by atoms with E-state index in [4.69, 9.17) is 18.9 Å². The van der Waals surface area contributed by atoms with Gasteiger partial charge in [-0.05, 0) is 63.1 Å². The van der Waals surface area contributed by atoms with E-state index in [0.717, 1.165) is 29.0 Å². The second-order valence-electron chi connectivity index (χ2n) is 8.59. The molecular formula is C23H24O6. The van der Waals surface area contributed by atoms with Crippen LogP contribution in [0.15, 0.2) is 36.4 Å². The molecule has 0 spiro atoms. The Morgan fingerprint density at radius 1 is 1.07 bits per heavy atom. The molecule has 0 radical (unpaired) electrons. The highest BCUT2D eigenvalue weighted by Crippen LogP contribution is 2.54. The summed E-state index contributed by atoms with van der Waals surface area (Å²) < 4.78 is 23.8. The monoisotopic (exact) mass is 396 g/mol. The van der Waals surface area contributed by atoms with Gasteiger partial charge in [-0.3, -0.25) is 0 Å². The van der Waals surface area contributed by atoms with Crippen LogP contribution in [0, 0.1) is 5.92 Å². The topological polar surface area (TPSA) is 74.2 Å². The van der Waals surface area contributed by atoms with Gasteiger partial charge < -0.3 is 24.1 Å². The van der Waals surface area contributed by atoms with Crippen molar-refractivity contribution in [1.29, 1.82) is 0 Å². The molecule has 0 saturated carbocycles. The molecule has 6 nitrogen and oxygen atoms in total. The molecule has 0 amide bonds. The number of fused-ring (bicyclic) bond motifs is 4. The van der Waals surface area contributed by atoms with Gasteiger partial charge in [0, 0.05) is 17.4 Å². The lowest BCUT2D eigenvalue weighted by Gasteiger charge is -2.50. The number of rotatable bonds is 2. The SMILES string of the molecule is C[C@H]1O[C@@H]2c3cc(C(=O)O)ccc3OC(C)(C)[C@H]2C[C@@H]1c1ccc2c(c1)OCO2. The van der Waals surface area contributed by atoms with E-state index in [0.29, 0.717) is 5.75 Å². The fraction of sp³-hybridized carbons (Fsp3) is 0.435. The summed E-state index contributed by atoms with van der Waals surface area (Å²) in [4.78, 5) is 11.5. The summed E-state index contributed by atoms with van der Waals surface area (Å²) in [6.07, 6.45) is 0.634. The first-order valence-corrected chi connectivity index (χ1v) is 9.95. The summed E-state index contributed by atoms with van der Waals surface area (Å²) in [5, 5.41) is 9.40. The minimum absolute atomic E-state index is 0.0353. The minimum atomic E-state index is -0.948. The first-order chi connectivity index (χ1) is 13.8. The first-order valence-electron chi connectivity index (χ1n) is 9.95. The third kappa shape index (κ3) is 2.94.